The summed E-state index contributed by atoms with van der Waals surface area (Å²) < 4.78 is 0.960. The second-order valence-electron chi connectivity index (χ2n) is 8.14. The Bertz CT molecular complexity index is 989. The fourth-order valence-electron chi connectivity index (χ4n) is 4.91. The number of pyridine rings is 1. The highest BCUT2D eigenvalue weighted by molar-refractivity contribution is 9.10. The summed E-state index contributed by atoms with van der Waals surface area (Å²) in [6, 6.07) is 15.1. The van der Waals surface area contributed by atoms with Gasteiger partial charge in [0.25, 0.3) is 0 Å². The van der Waals surface area contributed by atoms with Crippen LogP contribution in [0.3, 0.4) is 0 Å². The Labute approximate surface area is 180 Å². The standard InChI is InChI=1S/C24H25BrN4/c25-20-13-19(15-26-16-20)21-14-23(28-24(27-21)18-8-2-1-3-9-18)29-12-6-10-17-7-4-5-11-22(17)29/h1-3,8-9,13-17,22H,4-7,10-12H2. The van der Waals surface area contributed by atoms with Gasteiger partial charge in [-0.15, -0.1) is 0 Å². The van der Waals surface area contributed by atoms with Crippen molar-refractivity contribution in [2.24, 2.45) is 5.92 Å². The molecule has 3 aromatic rings. The van der Waals surface area contributed by atoms with Gasteiger partial charge >= 0.3 is 0 Å². The molecule has 0 radical (unpaired) electrons. The van der Waals surface area contributed by atoms with Crippen LogP contribution in [0.15, 0.2) is 59.3 Å². The molecule has 148 valence electrons. The molecule has 2 aromatic heterocycles. The first-order chi connectivity index (χ1) is 14.3. The van der Waals surface area contributed by atoms with Gasteiger partial charge in [-0.25, -0.2) is 9.97 Å². The Morgan fingerprint density at radius 3 is 2.55 bits per heavy atom. The molecule has 1 saturated heterocycles. The first-order valence-electron chi connectivity index (χ1n) is 10.6. The van der Waals surface area contributed by atoms with E-state index in [1.807, 2.05) is 24.4 Å². The van der Waals surface area contributed by atoms with Crippen LogP contribution in [0.4, 0.5) is 5.82 Å². The number of fused-ring (bicyclic) bond motifs is 1. The summed E-state index contributed by atoms with van der Waals surface area (Å²) in [5.74, 6) is 2.66. The van der Waals surface area contributed by atoms with E-state index < -0.39 is 0 Å². The van der Waals surface area contributed by atoms with Gasteiger partial charge in [0, 0.05) is 46.6 Å². The molecule has 0 spiro atoms. The molecular weight excluding hydrogens is 424 g/mol. The lowest BCUT2D eigenvalue weighted by Gasteiger charge is -2.45. The smallest absolute Gasteiger partial charge is 0.162 e. The molecule has 0 bridgehead atoms. The van der Waals surface area contributed by atoms with Crippen LogP contribution >= 0.6 is 15.9 Å². The molecule has 4 nitrogen and oxygen atoms in total. The van der Waals surface area contributed by atoms with E-state index >= 15 is 0 Å². The van der Waals surface area contributed by atoms with Gasteiger partial charge in [-0.2, -0.15) is 0 Å². The molecule has 29 heavy (non-hydrogen) atoms. The van der Waals surface area contributed by atoms with Crippen molar-refractivity contribution >= 4 is 21.7 Å². The van der Waals surface area contributed by atoms with E-state index in [0.29, 0.717) is 6.04 Å². The van der Waals surface area contributed by atoms with Gasteiger partial charge < -0.3 is 4.90 Å². The SMILES string of the molecule is Brc1cncc(-c2cc(N3CCCC4CCCCC43)nc(-c3ccccc3)n2)c1. The van der Waals surface area contributed by atoms with E-state index in [1.165, 1.54) is 38.5 Å². The molecule has 2 atom stereocenters. The molecule has 3 heterocycles. The minimum absolute atomic E-state index is 0.615. The first-order valence-corrected chi connectivity index (χ1v) is 11.4. The number of hydrogen-bond donors (Lipinski definition) is 0. The quantitative estimate of drug-likeness (QED) is 0.483. The summed E-state index contributed by atoms with van der Waals surface area (Å²) >= 11 is 3.55. The topological polar surface area (TPSA) is 41.9 Å². The maximum atomic E-state index is 5.05. The van der Waals surface area contributed by atoms with Gasteiger partial charge in [0.2, 0.25) is 0 Å². The van der Waals surface area contributed by atoms with E-state index in [-0.39, 0.29) is 0 Å². The largest absolute Gasteiger partial charge is 0.353 e. The van der Waals surface area contributed by atoms with Crippen molar-refractivity contribution in [1.82, 2.24) is 15.0 Å². The normalized spacial score (nSPS) is 21.6. The van der Waals surface area contributed by atoms with Crippen LogP contribution in [0.1, 0.15) is 38.5 Å². The van der Waals surface area contributed by atoms with Crippen LogP contribution in [0.25, 0.3) is 22.6 Å². The fraction of sp³-hybridized carbons (Fsp3) is 0.375. The minimum atomic E-state index is 0.615. The van der Waals surface area contributed by atoms with Gasteiger partial charge in [-0.1, -0.05) is 43.2 Å². The highest BCUT2D eigenvalue weighted by Crippen LogP contribution is 2.38. The van der Waals surface area contributed by atoms with Crippen molar-refractivity contribution in [3.8, 4) is 22.6 Å². The van der Waals surface area contributed by atoms with Crippen LogP contribution in [0, 0.1) is 5.92 Å². The zero-order chi connectivity index (χ0) is 19.6. The highest BCUT2D eigenvalue weighted by atomic mass is 79.9. The van der Waals surface area contributed by atoms with Crippen LogP contribution in [-0.2, 0) is 0 Å². The highest BCUT2D eigenvalue weighted by Gasteiger charge is 2.34. The van der Waals surface area contributed by atoms with E-state index in [0.717, 1.165) is 45.4 Å². The zero-order valence-corrected chi connectivity index (χ0v) is 18.1. The van der Waals surface area contributed by atoms with Crippen LogP contribution in [-0.4, -0.2) is 27.5 Å². The molecule has 1 aliphatic heterocycles. The van der Waals surface area contributed by atoms with E-state index in [4.69, 9.17) is 9.97 Å². The van der Waals surface area contributed by atoms with Crippen molar-refractivity contribution in [2.45, 2.75) is 44.6 Å². The fourth-order valence-corrected chi connectivity index (χ4v) is 5.27. The maximum absolute atomic E-state index is 5.05. The third kappa shape index (κ3) is 3.93. The van der Waals surface area contributed by atoms with Gasteiger partial charge in [0.15, 0.2) is 5.82 Å². The summed E-state index contributed by atoms with van der Waals surface area (Å²) in [6.45, 7) is 1.09. The van der Waals surface area contributed by atoms with Crippen molar-refractivity contribution in [2.75, 3.05) is 11.4 Å². The number of hydrogen-bond acceptors (Lipinski definition) is 4. The Morgan fingerprint density at radius 2 is 1.69 bits per heavy atom. The number of halogens is 1. The van der Waals surface area contributed by atoms with Gasteiger partial charge in [-0.3, -0.25) is 4.98 Å². The van der Waals surface area contributed by atoms with E-state index in [9.17, 15) is 0 Å². The molecule has 2 aliphatic rings. The number of nitrogens with zero attached hydrogens (tertiary/aromatic N) is 4. The Hall–Kier alpha value is -2.27. The molecule has 2 unspecified atom stereocenters. The molecule has 1 aromatic carbocycles. The summed E-state index contributed by atoms with van der Waals surface area (Å²) in [5, 5.41) is 0. The lowest BCUT2D eigenvalue weighted by atomic mass is 9.78. The molecule has 0 amide bonds. The second-order valence-corrected chi connectivity index (χ2v) is 9.06. The average molecular weight is 449 g/mol. The molecule has 1 aliphatic carbocycles. The number of benzene rings is 1. The van der Waals surface area contributed by atoms with Crippen molar-refractivity contribution in [3.63, 3.8) is 0 Å². The van der Waals surface area contributed by atoms with Gasteiger partial charge in [0.1, 0.15) is 5.82 Å². The molecule has 5 rings (SSSR count). The maximum Gasteiger partial charge on any atom is 0.162 e. The van der Waals surface area contributed by atoms with Crippen LogP contribution in [0.2, 0.25) is 0 Å². The summed E-state index contributed by atoms with van der Waals surface area (Å²) in [7, 11) is 0. The van der Waals surface area contributed by atoms with E-state index in [2.05, 4.69) is 50.1 Å². The summed E-state index contributed by atoms with van der Waals surface area (Å²) in [5.41, 5.74) is 2.99. The number of anilines is 1. The lowest BCUT2D eigenvalue weighted by molar-refractivity contribution is 0.243. The van der Waals surface area contributed by atoms with Crippen molar-refractivity contribution in [3.05, 3.63) is 59.3 Å². The first kappa shape index (κ1) is 18.7. The van der Waals surface area contributed by atoms with Crippen molar-refractivity contribution < 1.29 is 0 Å². The second kappa shape index (κ2) is 8.23. The summed E-state index contributed by atoms with van der Waals surface area (Å²) in [4.78, 5) is 16.9. The predicted molar refractivity (Wildman–Crippen MR) is 121 cm³/mol. The number of aromatic nitrogens is 3. The Balaban J connectivity index is 1.61. The summed E-state index contributed by atoms with van der Waals surface area (Å²) in [6.07, 6.45) is 11.6. The number of rotatable bonds is 3. The molecule has 1 saturated carbocycles. The monoisotopic (exact) mass is 448 g/mol. The van der Waals surface area contributed by atoms with E-state index in [1.54, 1.807) is 6.20 Å². The van der Waals surface area contributed by atoms with Crippen LogP contribution < -0.4 is 4.90 Å². The molecule has 5 heteroatoms. The third-order valence-electron chi connectivity index (χ3n) is 6.28. The molecular formula is C24H25BrN4. The Morgan fingerprint density at radius 1 is 0.862 bits per heavy atom. The lowest BCUT2D eigenvalue weighted by Crippen LogP contribution is -2.47. The van der Waals surface area contributed by atoms with Crippen molar-refractivity contribution in [1.29, 1.82) is 0 Å². The molecule has 2 fully saturated rings. The minimum Gasteiger partial charge on any atom is -0.353 e. The third-order valence-corrected chi connectivity index (χ3v) is 6.72. The Kier molecular flexibility index (Phi) is 5.32. The van der Waals surface area contributed by atoms with Crippen LogP contribution in [0.5, 0.6) is 0 Å². The van der Waals surface area contributed by atoms with Gasteiger partial charge in [-0.05, 0) is 53.6 Å². The average Bonchev–Trinajstić information content (AvgIpc) is 2.79. The number of piperidine rings is 1. The van der Waals surface area contributed by atoms with Gasteiger partial charge in [0.05, 0.1) is 5.69 Å². The predicted octanol–water partition coefficient (Wildman–Crippen LogP) is 6.13. The zero-order valence-electron chi connectivity index (χ0n) is 16.5. The molecule has 0 N–H and O–H groups in total.